The Balaban J connectivity index is 0.000000230. The molecule has 0 radical (unpaired) electrons. The van der Waals surface area contributed by atoms with Crippen molar-refractivity contribution in [3.05, 3.63) is 35.9 Å². The molecular formula is C14H15ClO6. The third-order valence-corrected chi connectivity index (χ3v) is 2.38. The van der Waals surface area contributed by atoms with Gasteiger partial charge in [0.25, 0.3) is 0 Å². The zero-order chi connectivity index (χ0) is 15.8. The van der Waals surface area contributed by atoms with Crippen molar-refractivity contribution < 1.29 is 28.9 Å². The van der Waals surface area contributed by atoms with E-state index in [9.17, 15) is 9.59 Å². The first kappa shape index (κ1) is 17.0. The van der Waals surface area contributed by atoms with Crippen LogP contribution in [-0.2, 0) is 19.1 Å². The maximum absolute atomic E-state index is 10.5. The Morgan fingerprint density at radius 1 is 1.38 bits per heavy atom. The van der Waals surface area contributed by atoms with Crippen molar-refractivity contribution in [1.82, 2.24) is 0 Å². The largest absolute Gasteiger partial charge is 0.463 e. The summed E-state index contributed by atoms with van der Waals surface area (Å²) in [5.74, 6) is 0.753. The second-order valence-corrected chi connectivity index (χ2v) is 4.42. The highest BCUT2D eigenvalue weighted by atomic mass is 35.5. The Kier molecular flexibility index (Phi) is 6.71. The lowest BCUT2D eigenvalue weighted by Gasteiger charge is -2.09. The van der Waals surface area contributed by atoms with Crippen molar-refractivity contribution >= 4 is 23.5 Å². The lowest BCUT2D eigenvalue weighted by atomic mass is 10.4. The summed E-state index contributed by atoms with van der Waals surface area (Å²) in [7, 11) is 0. The number of ether oxygens (including phenoxy) is 3. The van der Waals surface area contributed by atoms with Crippen molar-refractivity contribution in [3.8, 4) is 11.5 Å². The molecule has 1 N–H and O–H groups in total. The second-order valence-electron chi connectivity index (χ2n) is 3.98. The molecule has 1 atom stereocenters. The van der Waals surface area contributed by atoms with E-state index < -0.39 is 18.0 Å². The van der Waals surface area contributed by atoms with Gasteiger partial charge < -0.3 is 19.3 Å². The van der Waals surface area contributed by atoms with E-state index >= 15 is 0 Å². The Morgan fingerprint density at radius 3 is 2.57 bits per heavy atom. The Labute approximate surface area is 126 Å². The lowest BCUT2D eigenvalue weighted by molar-refractivity contribution is -0.148. The first-order valence-electron chi connectivity index (χ1n) is 6.00. The van der Waals surface area contributed by atoms with E-state index in [1.807, 2.05) is 12.1 Å². The van der Waals surface area contributed by atoms with E-state index in [4.69, 9.17) is 21.4 Å². The highest BCUT2D eigenvalue weighted by molar-refractivity contribution is 6.30. The number of benzene rings is 1. The van der Waals surface area contributed by atoms with Gasteiger partial charge in [-0.3, -0.25) is 4.79 Å². The number of hydrogen-bond acceptors (Lipinski definition) is 6. The van der Waals surface area contributed by atoms with Gasteiger partial charge in [0, 0.05) is 24.1 Å². The molecule has 0 fully saturated rings. The van der Waals surface area contributed by atoms with Crippen LogP contribution in [0.15, 0.2) is 30.9 Å². The molecule has 2 rings (SSSR count). The van der Waals surface area contributed by atoms with Gasteiger partial charge in [0.1, 0.15) is 19.3 Å². The second kappa shape index (κ2) is 8.28. The Hall–Kier alpha value is -2.05. The van der Waals surface area contributed by atoms with Gasteiger partial charge in [-0.25, -0.2) is 4.79 Å². The van der Waals surface area contributed by atoms with Crippen molar-refractivity contribution in [2.45, 2.75) is 13.0 Å². The predicted molar refractivity (Wildman–Crippen MR) is 75.3 cm³/mol. The van der Waals surface area contributed by atoms with Gasteiger partial charge in [0.05, 0.1) is 0 Å². The van der Waals surface area contributed by atoms with Crippen LogP contribution in [0.4, 0.5) is 0 Å². The fourth-order valence-corrected chi connectivity index (χ4v) is 1.30. The van der Waals surface area contributed by atoms with Gasteiger partial charge in [0.2, 0.25) is 0 Å². The zero-order valence-electron chi connectivity index (χ0n) is 11.4. The lowest BCUT2D eigenvalue weighted by Crippen LogP contribution is -2.24. The van der Waals surface area contributed by atoms with Crippen LogP contribution in [0.3, 0.4) is 0 Å². The van der Waals surface area contributed by atoms with Crippen LogP contribution in [0.5, 0.6) is 11.5 Å². The number of aliphatic hydroxyl groups excluding tert-OH is 1. The molecule has 1 aromatic carbocycles. The number of carbonyl (C=O) groups excluding carboxylic acids is 2. The standard InChI is InChI=1S/C8H12O5.C6H3ClO/c1-3-8(11)13-5-7(10)4-12-6(2)9;7-4-1-2-5-6(3-4)8-5/h3,7,10H,1,4-5H2,2H3;1-3H. The molecule has 1 aliphatic rings. The average Bonchev–Trinajstić information content (AvgIpc) is 3.21. The quantitative estimate of drug-likeness (QED) is 0.516. The number of hydrogen-bond donors (Lipinski definition) is 1. The zero-order valence-corrected chi connectivity index (χ0v) is 12.1. The smallest absolute Gasteiger partial charge is 0.330 e. The minimum atomic E-state index is -0.993. The molecule has 0 saturated carbocycles. The third kappa shape index (κ3) is 7.34. The summed E-state index contributed by atoms with van der Waals surface area (Å²) < 4.78 is 13.9. The summed E-state index contributed by atoms with van der Waals surface area (Å²) in [5.41, 5.74) is 0. The molecule has 0 aliphatic carbocycles. The molecule has 0 amide bonds. The Morgan fingerprint density at radius 2 is 2.05 bits per heavy atom. The van der Waals surface area contributed by atoms with E-state index in [1.165, 1.54) is 6.92 Å². The van der Waals surface area contributed by atoms with Crippen LogP contribution >= 0.6 is 11.6 Å². The molecule has 21 heavy (non-hydrogen) atoms. The monoisotopic (exact) mass is 314 g/mol. The van der Waals surface area contributed by atoms with E-state index in [0.717, 1.165) is 22.6 Å². The van der Waals surface area contributed by atoms with Crippen LogP contribution in [0, 0.1) is 0 Å². The minimum Gasteiger partial charge on any atom is -0.463 e. The van der Waals surface area contributed by atoms with Crippen LogP contribution in [-0.4, -0.2) is 36.4 Å². The molecule has 0 saturated heterocycles. The average molecular weight is 315 g/mol. The SMILES string of the molecule is C=CC(=O)OCC(O)COC(C)=O.Clc1ccc2c(c1)O2. The van der Waals surface area contributed by atoms with Gasteiger partial charge in [-0.15, -0.1) is 0 Å². The summed E-state index contributed by atoms with van der Waals surface area (Å²) in [5, 5.41) is 9.79. The number of carbonyl (C=O) groups is 2. The molecule has 0 aromatic heterocycles. The minimum absolute atomic E-state index is 0.181. The molecule has 0 bridgehead atoms. The predicted octanol–water partition coefficient (Wildman–Crippen LogP) is 2.09. The number of halogens is 1. The van der Waals surface area contributed by atoms with Gasteiger partial charge in [-0.2, -0.15) is 0 Å². The van der Waals surface area contributed by atoms with Gasteiger partial charge >= 0.3 is 11.9 Å². The molecule has 1 aromatic rings. The maximum atomic E-state index is 10.5. The summed E-state index contributed by atoms with van der Waals surface area (Å²) in [6.45, 7) is 4.00. The molecule has 7 heteroatoms. The molecule has 1 heterocycles. The fourth-order valence-electron chi connectivity index (χ4n) is 1.14. The molecule has 6 nitrogen and oxygen atoms in total. The number of rotatable bonds is 5. The molecule has 1 unspecified atom stereocenters. The highest BCUT2D eigenvalue weighted by Crippen LogP contribution is 2.45. The summed E-state index contributed by atoms with van der Waals surface area (Å²) >= 11 is 5.60. The van der Waals surface area contributed by atoms with Crippen molar-refractivity contribution in [3.63, 3.8) is 0 Å². The first-order valence-corrected chi connectivity index (χ1v) is 6.38. The van der Waals surface area contributed by atoms with E-state index in [-0.39, 0.29) is 13.2 Å². The molecule has 1 aliphatic heterocycles. The van der Waals surface area contributed by atoms with Crippen LogP contribution in [0.25, 0.3) is 0 Å². The number of esters is 2. The van der Waals surface area contributed by atoms with Crippen molar-refractivity contribution in [2.24, 2.45) is 0 Å². The number of fused-ring (bicyclic) bond motifs is 1. The first-order chi connectivity index (χ1) is 9.92. The maximum Gasteiger partial charge on any atom is 0.330 e. The van der Waals surface area contributed by atoms with Gasteiger partial charge in [0.15, 0.2) is 11.5 Å². The van der Waals surface area contributed by atoms with E-state index in [2.05, 4.69) is 16.1 Å². The van der Waals surface area contributed by atoms with Crippen LogP contribution in [0.1, 0.15) is 6.92 Å². The van der Waals surface area contributed by atoms with Crippen molar-refractivity contribution in [1.29, 1.82) is 0 Å². The topological polar surface area (TPSA) is 85.4 Å². The van der Waals surface area contributed by atoms with Gasteiger partial charge in [-0.05, 0) is 12.1 Å². The van der Waals surface area contributed by atoms with E-state index in [1.54, 1.807) is 6.07 Å². The number of aliphatic hydroxyl groups is 1. The summed E-state index contributed by atoms with van der Waals surface area (Å²) in [4.78, 5) is 20.8. The van der Waals surface area contributed by atoms with Crippen LogP contribution in [0.2, 0.25) is 5.02 Å². The fraction of sp³-hybridized carbons (Fsp3) is 0.286. The Bertz CT molecular complexity index is 527. The highest BCUT2D eigenvalue weighted by Gasteiger charge is 2.18. The summed E-state index contributed by atoms with van der Waals surface area (Å²) in [6.07, 6.45) is -0.00810. The van der Waals surface area contributed by atoms with Crippen LogP contribution < -0.4 is 4.74 Å². The molecule has 0 spiro atoms. The van der Waals surface area contributed by atoms with Gasteiger partial charge in [-0.1, -0.05) is 18.2 Å². The van der Waals surface area contributed by atoms with E-state index in [0.29, 0.717) is 0 Å². The summed E-state index contributed by atoms with van der Waals surface area (Å²) in [6, 6.07) is 5.47. The molecule has 114 valence electrons. The third-order valence-electron chi connectivity index (χ3n) is 2.15. The molecular weight excluding hydrogens is 300 g/mol. The van der Waals surface area contributed by atoms with Crippen molar-refractivity contribution in [2.75, 3.05) is 13.2 Å². The normalized spacial score (nSPS) is 11.8.